The minimum absolute atomic E-state index is 0.00431. The van der Waals surface area contributed by atoms with Gasteiger partial charge in [-0.05, 0) is 44.9 Å². The molecule has 0 aromatic heterocycles. The fourth-order valence-corrected chi connectivity index (χ4v) is 2.77. The Kier molecular flexibility index (Phi) is 3.52. The zero-order chi connectivity index (χ0) is 13.5. The molecule has 1 aromatic rings. The first-order valence-corrected chi connectivity index (χ1v) is 6.89. The van der Waals surface area contributed by atoms with Gasteiger partial charge in [0.25, 0.3) is 5.91 Å². The van der Waals surface area contributed by atoms with E-state index in [2.05, 4.69) is 15.9 Å². The van der Waals surface area contributed by atoms with E-state index in [0.717, 1.165) is 10.0 Å². The van der Waals surface area contributed by atoms with Crippen LogP contribution in [0.2, 0.25) is 0 Å². The first-order valence-electron chi connectivity index (χ1n) is 6.10. The average Bonchev–Trinajstić information content (AvgIpc) is 2.57. The molecule has 1 atom stereocenters. The van der Waals surface area contributed by atoms with Crippen LogP contribution < -0.4 is 0 Å². The van der Waals surface area contributed by atoms with Gasteiger partial charge in [0, 0.05) is 16.6 Å². The number of benzene rings is 1. The van der Waals surface area contributed by atoms with Crippen LogP contribution in [0.1, 0.15) is 36.2 Å². The summed E-state index contributed by atoms with van der Waals surface area (Å²) in [5, 5.41) is 9.94. The third kappa shape index (κ3) is 2.19. The normalized spacial score (nSPS) is 22.3. The molecular weight excluding hydrogens is 294 g/mol. The molecule has 1 aliphatic rings. The Morgan fingerprint density at radius 3 is 2.72 bits per heavy atom. The van der Waals surface area contributed by atoms with Crippen molar-refractivity contribution in [2.24, 2.45) is 0 Å². The summed E-state index contributed by atoms with van der Waals surface area (Å²) < 4.78 is 0.897. The molecule has 1 aromatic carbocycles. The number of aliphatic hydroxyl groups excluding tert-OH is 1. The van der Waals surface area contributed by atoms with Crippen molar-refractivity contribution in [3.63, 3.8) is 0 Å². The minimum atomic E-state index is -0.494. The zero-order valence-electron chi connectivity index (χ0n) is 10.9. The first kappa shape index (κ1) is 13.6. The van der Waals surface area contributed by atoms with E-state index >= 15 is 0 Å². The maximum atomic E-state index is 12.6. The number of aliphatic hydroxyl groups is 1. The number of likely N-dealkylation sites (tertiary alicyclic amines) is 1. The minimum Gasteiger partial charge on any atom is -0.391 e. The van der Waals surface area contributed by atoms with E-state index < -0.39 is 11.6 Å². The second-order valence-corrected chi connectivity index (χ2v) is 6.29. The van der Waals surface area contributed by atoms with Crippen LogP contribution in [-0.2, 0) is 0 Å². The highest BCUT2D eigenvalue weighted by Crippen LogP contribution is 2.31. The largest absolute Gasteiger partial charge is 0.391 e. The Balaban J connectivity index is 2.35. The summed E-state index contributed by atoms with van der Waals surface area (Å²) in [6, 6.07) is 5.70. The molecule has 0 aliphatic carbocycles. The van der Waals surface area contributed by atoms with E-state index in [0.29, 0.717) is 18.5 Å². The maximum Gasteiger partial charge on any atom is 0.254 e. The molecule has 98 valence electrons. The number of hydrogen-bond acceptors (Lipinski definition) is 2. The number of amides is 1. The SMILES string of the molecule is Cc1ccc(Br)cc1C(=O)N1CCC(O)C1(C)C. The summed E-state index contributed by atoms with van der Waals surface area (Å²) in [6.07, 6.45) is 0.195. The second kappa shape index (κ2) is 4.67. The van der Waals surface area contributed by atoms with Crippen LogP contribution in [-0.4, -0.2) is 34.1 Å². The summed E-state index contributed by atoms with van der Waals surface area (Å²) >= 11 is 3.39. The van der Waals surface area contributed by atoms with Crippen molar-refractivity contribution in [3.05, 3.63) is 33.8 Å². The summed E-state index contributed by atoms with van der Waals surface area (Å²) in [6.45, 7) is 6.36. The van der Waals surface area contributed by atoms with Gasteiger partial charge >= 0.3 is 0 Å². The highest BCUT2D eigenvalue weighted by atomic mass is 79.9. The molecule has 0 saturated carbocycles. The average molecular weight is 312 g/mol. The second-order valence-electron chi connectivity index (χ2n) is 5.37. The number of hydrogen-bond donors (Lipinski definition) is 1. The van der Waals surface area contributed by atoms with Gasteiger partial charge in [-0.1, -0.05) is 22.0 Å². The molecular formula is C14H18BrNO2. The van der Waals surface area contributed by atoms with Gasteiger partial charge in [0.2, 0.25) is 0 Å². The molecule has 1 heterocycles. The Morgan fingerprint density at radius 1 is 1.50 bits per heavy atom. The van der Waals surface area contributed by atoms with Crippen molar-refractivity contribution >= 4 is 21.8 Å². The first-order chi connectivity index (χ1) is 8.34. The van der Waals surface area contributed by atoms with Gasteiger partial charge in [-0.25, -0.2) is 0 Å². The highest BCUT2D eigenvalue weighted by Gasteiger charge is 2.43. The van der Waals surface area contributed by atoms with Gasteiger partial charge in [-0.2, -0.15) is 0 Å². The van der Waals surface area contributed by atoms with E-state index in [1.807, 2.05) is 39.0 Å². The molecule has 4 heteroatoms. The molecule has 1 saturated heterocycles. The van der Waals surface area contributed by atoms with Crippen molar-refractivity contribution in [1.82, 2.24) is 4.90 Å². The Labute approximate surface area is 116 Å². The lowest BCUT2D eigenvalue weighted by atomic mass is 9.97. The van der Waals surface area contributed by atoms with E-state index in [4.69, 9.17) is 0 Å². The number of rotatable bonds is 1. The molecule has 0 radical (unpaired) electrons. The smallest absolute Gasteiger partial charge is 0.254 e. The van der Waals surface area contributed by atoms with Crippen LogP contribution >= 0.6 is 15.9 Å². The molecule has 18 heavy (non-hydrogen) atoms. The van der Waals surface area contributed by atoms with Gasteiger partial charge in [-0.3, -0.25) is 4.79 Å². The van der Waals surface area contributed by atoms with E-state index in [-0.39, 0.29) is 5.91 Å². The monoisotopic (exact) mass is 311 g/mol. The topological polar surface area (TPSA) is 40.5 Å². The van der Waals surface area contributed by atoms with Gasteiger partial charge < -0.3 is 10.0 Å². The van der Waals surface area contributed by atoms with Crippen LogP contribution in [0.15, 0.2) is 22.7 Å². The van der Waals surface area contributed by atoms with E-state index in [1.165, 1.54) is 0 Å². The number of carbonyl (C=O) groups excluding carboxylic acids is 1. The van der Waals surface area contributed by atoms with E-state index in [1.54, 1.807) is 4.90 Å². The zero-order valence-corrected chi connectivity index (χ0v) is 12.5. The van der Waals surface area contributed by atoms with Crippen LogP contribution in [0.5, 0.6) is 0 Å². The molecule has 1 aliphatic heterocycles. The standard InChI is InChI=1S/C14H18BrNO2/c1-9-4-5-10(15)8-11(9)13(18)16-7-6-12(17)14(16,2)3/h4-5,8,12,17H,6-7H2,1-3H3. The van der Waals surface area contributed by atoms with Crippen LogP contribution in [0.4, 0.5) is 0 Å². The Morgan fingerprint density at radius 2 is 2.17 bits per heavy atom. The highest BCUT2D eigenvalue weighted by molar-refractivity contribution is 9.10. The summed E-state index contributed by atoms with van der Waals surface area (Å²) in [5.41, 5.74) is 1.16. The van der Waals surface area contributed by atoms with Crippen molar-refractivity contribution in [3.8, 4) is 0 Å². The molecule has 0 bridgehead atoms. The number of aryl methyl sites for hydroxylation is 1. The third-order valence-electron chi connectivity index (χ3n) is 3.81. The quantitative estimate of drug-likeness (QED) is 0.866. The van der Waals surface area contributed by atoms with Crippen LogP contribution in [0.3, 0.4) is 0 Å². The Bertz CT molecular complexity index is 485. The fourth-order valence-electron chi connectivity index (χ4n) is 2.41. The lowest BCUT2D eigenvalue weighted by molar-refractivity contribution is 0.0393. The van der Waals surface area contributed by atoms with Gasteiger partial charge in [-0.15, -0.1) is 0 Å². The lowest BCUT2D eigenvalue weighted by Crippen LogP contribution is -2.48. The predicted octanol–water partition coefficient (Wildman–Crippen LogP) is 2.74. The number of halogens is 1. The number of carbonyl (C=O) groups is 1. The predicted molar refractivity (Wildman–Crippen MR) is 74.6 cm³/mol. The molecule has 0 spiro atoms. The Hall–Kier alpha value is -0.870. The van der Waals surface area contributed by atoms with Crippen LogP contribution in [0, 0.1) is 6.92 Å². The van der Waals surface area contributed by atoms with Crippen molar-refractivity contribution in [2.45, 2.75) is 38.8 Å². The molecule has 2 rings (SSSR count). The van der Waals surface area contributed by atoms with Crippen LogP contribution in [0.25, 0.3) is 0 Å². The van der Waals surface area contributed by atoms with Crippen molar-refractivity contribution in [1.29, 1.82) is 0 Å². The maximum absolute atomic E-state index is 12.6. The molecule has 1 unspecified atom stereocenters. The van der Waals surface area contributed by atoms with Crippen molar-refractivity contribution in [2.75, 3.05) is 6.54 Å². The van der Waals surface area contributed by atoms with Gasteiger partial charge in [0.15, 0.2) is 0 Å². The molecule has 1 N–H and O–H groups in total. The molecule has 1 amide bonds. The molecule has 1 fully saturated rings. The summed E-state index contributed by atoms with van der Waals surface area (Å²) in [5.74, 6) is -0.00431. The van der Waals surface area contributed by atoms with E-state index in [9.17, 15) is 9.90 Å². The fraction of sp³-hybridized carbons (Fsp3) is 0.500. The van der Waals surface area contributed by atoms with Gasteiger partial charge in [0.1, 0.15) is 0 Å². The summed E-state index contributed by atoms with van der Waals surface area (Å²) in [4.78, 5) is 14.3. The molecule has 3 nitrogen and oxygen atoms in total. The third-order valence-corrected chi connectivity index (χ3v) is 4.31. The number of nitrogens with zero attached hydrogens (tertiary/aromatic N) is 1. The van der Waals surface area contributed by atoms with Crippen molar-refractivity contribution < 1.29 is 9.90 Å². The summed E-state index contributed by atoms with van der Waals surface area (Å²) in [7, 11) is 0. The van der Waals surface area contributed by atoms with Gasteiger partial charge in [0.05, 0.1) is 11.6 Å². The lowest BCUT2D eigenvalue weighted by Gasteiger charge is -2.34.